The first-order valence-corrected chi connectivity index (χ1v) is 15.2. The third-order valence-corrected chi connectivity index (χ3v) is 11.1. The number of ketones is 2. The molecule has 1 saturated heterocycles. The van der Waals surface area contributed by atoms with Crippen molar-refractivity contribution in [2.45, 2.75) is 97.3 Å². The molecule has 200 valence electrons. The van der Waals surface area contributed by atoms with Gasteiger partial charge in [-0.05, 0) is 117 Å². The van der Waals surface area contributed by atoms with Crippen molar-refractivity contribution in [1.82, 2.24) is 0 Å². The lowest BCUT2D eigenvalue weighted by atomic mass is 9.48. The molecule has 4 aliphatic carbocycles. The Hall–Kier alpha value is -2.60. The average molecular weight is 510 g/mol. The summed E-state index contributed by atoms with van der Waals surface area (Å²) in [6.07, 6.45) is 13.0. The number of rotatable bonds is 4. The molecule has 0 spiro atoms. The Morgan fingerprint density at radius 1 is 1.05 bits per heavy atom. The maximum atomic E-state index is 13.7. The Morgan fingerprint density at radius 2 is 1.82 bits per heavy atom. The molecule has 3 heteroatoms. The van der Waals surface area contributed by atoms with Crippen molar-refractivity contribution >= 4 is 17.3 Å². The third-order valence-electron chi connectivity index (χ3n) is 11.1. The number of benzene rings is 1. The highest BCUT2D eigenvalue weighted by Gasteiger charge is 2.65. The zero-order chi connectivity index (χ0) is 26.5. The lowest BCUT2D eigenvalue weighted by Crippen LogP contribution is -2.50. The van der Waals surface area contributed by atoms with Crippen LogP contribution in [0.15, 0.2) is 47.1 Å². The Balaban J connectivity index is 1.47. The van der Waals surface area contributed by atoms with Crippen molar-refractivity contribution in [2.24, 2.45) is 22.7 Å². The van der Waals surface area contributed by atoms with Gasteiger partial charge in [-0.2, -0.15) is 0 Å². The molecule has 0 amide bonds. The van der Waals surface area contributed by atoms with Gasteiger partial charge >= 0.3 is 0 Å². The summed E-state index contributed by atoms with van der Waals surface area (Å²) < 4.78 is 0. The van der Waals surface area contributed by atoms with Crippen molar-refractivity contribution in [2.75, 3.05) is 18.0 Å². The zero-order valence-electron chi connectivity index (χ0n) is 23.6. The first-order chi connectivity index (χ1) is 18.4. The standard InChI is InChI=1S/C35H43NO2/c1-4-18-35(32(38)5-2)19-17-31-29-15-11-25-22-27(37)14-16-28(25)33(29)30(23-34(31,35)3)24-9-12-26(13-10-24)36-20-7-6-8-21-36/h9-10,12-13,22,29-31H,5-8,11,14-17,19-21,23H2,1-3H3/t29-,30?,31-,34-,35+/m0/s1. The van der Waals surface area contributed by atoms with Gasteiger partial charge in [-0.1, -0.05) is 37.5 Å². The highest BCUT2D eigenvalue weighted by Crippen LogP contribution is 2.69. The maximum absolute atomic E-state index is 13.7. The minimum absolute atomic E-state index is 0.139. The van der Waals surface area contributed by atoms with Crippen LogP contribution in [0.2, 0.25) is 0 Å². The molecule has 5 aliphatic rings. The molecule has 1 aliphatic heterocycles. The molecule has 3 fully saturated rings. The molecule has 0 N–H and O–H groups in total. The second-order valence-electron chi connectivity index (χ2n) is 12.7. The van der Waals surface area contributed by atoms with E-state index in [4.69, 9.17) is 0 Å². The minimum Gasteiger partial charge on any atom is -0.372 e. The monoisotopic (exact) mass is 509 g/mol. The summed E-state index contributed by atoms with van der Waals surface area (Å²) >= 11 is 0. The fourth-order valence-electron chi connectivity index (χ4n) is 9.30. The number of nitrogens with zero attached hydrogens (tertiary/aromatic N) is 1. The molecule has 5 atom stereocenters. The number of allylic oxidation sites excluding steroid dienone is 4. The first kappa shape index (κ1) is 25.7. The number of carbonyl (C=O) groups excluding carboxylic acids is 2. The molecule has 38 heavy (non-hydrogen) atoms. The lowest BCUT2D eigenvalue weighted by Gasteiger charge is -2.54. The molecule has 2 saturated carbocycles. The van der Waals surface area contributed by atoms with Crippen LogP contribution in [-0.4, -0.2) is 24.7 Å². The van der Waals surface area contributed by atoms with E-state index in [-0.39, 0.29) is 17.1 Å². The van der Waals surface area contributed by atoms with Crippen LogP contribution in [0, 0.1) is 34.5 Å². The van der Waals surface area contributed by atoms with Crippen molar-refractivity contribution in [3.63, 3.8) is 0 Å². The van der Waals surface area contributed by atoms with Crippen LogP contribution in [-0.2, 0) is 9.59 Å². The Kier molecular flexibility index (Phi) is 6.66. The number of piperidine rings is 1. The normalized spacial score (nSPS) is 34.5. The number of carbonyl (C=O) groups is 2. The quantitative estimate of drug-likeness (QED) is 0.393. The van der Waals surface area contributed by atoms with Crippen LogP contribution in [0.1, 0.15) is 103 Å². The predicted molar refractivity (Wildman–Crippen MR) is 154 cm³/mol. The molecule has 6 rings (SSSR count). The van der Waals surface area contributed by atoms with E-state index in [1.807, 2.05) is 19.9 Å². The summed E-state index contributed by atoms with van der Waals surface area (Å²) in [5.41, 5.74) is 6.42. The number of hydrogen-bond acceptors (Lipinski definition) is 3. The fourth-order valence-corrected chi connectivity index (χ4v) is 9.30. The third kappa shape index (κ3) is 3.85. The van der Waals surface area contributed by atoms with E-state index in [1.165, 1.54) is 41.7 Å². The smallest absolute Gasteiger partial charge is 0.156 e. The molecule has 1 aromatic rings. The molecule has 1 unspecified atom stereocenters. The zero-order valence-corrected chi connectivity index (χ0v) is 23.6. The van der Waals surface area contributed by atoms with Crippen LogP contribution in [0.5, 0.6) is 0 Å². The lowest BCUT2D eigenvalue weighted by molar-refractivity contribution is -0.132. The summed E-state index contributed by atoms with van der Waals surface area (Å²) in [6, 6.07) is 9.42. The van der Waals surface area contributed by atoms with E-state index in [0.717, 1.165) is 51.6 Å². The predicted octanol–water partition coefficient (Wildman–Crippen LogP) is 7.57. The highest BCUT2D eigenvalue weighted by atomic mass is 16.1. The Morgan fingerprint density at radius 3 is 2.53 bits per heavy atom. The number of anilines is 1. The number of Topliss-reactive ketones (excluding diaryl/α,β-unsaturated/α-hetero) is 1. The average Bonchev–Trinajstić information content (AvgIpc) is 3.25. The topological polar surface area (TPSA) is 37.4 Å². The second-order valence-corrected chi connectivity index (χ2v) is 12.7. The molecule has 0 aromatic heterocycles. The molecular formula is C35H43NO2. The molecular weight excluding hydrogens is 466 g/mol. The van der Waals surface area contributed by atoms with E-state index in [1.54, 1.807) is 5.57 Å². The summed E-state index contributed by atoms with van der Waals surface area (Å²) in [5.74, 6) is 8.63. The van der Waals surface area contributed by atoms with Crippen molar-refractivity contribution in [3.05, 3.63) is 52.6 Å². The van der Waals surface area contributed by atoms with Gasteiger partial charge in [0.15, 0.2) is 11.6 Å². The van der Waals surface area contributed by atoms with Gasteiger partial charge < -0.3 is 4.90 Å². The van der Waals surface area contributed by atoms with Gasteiger partial charge in [0.25, 0.3) is 0 Å². The van der Waals surface area contributed by atoms with Gasteiger partial charge in [0.2, 0.25) is 0 Å². The van der Waals surface area contributed by atoms with Gasteiger partial charge in [-0.15, -0.1) is 5.92 Å². The van der Waals surface area contributed by atoms with Gasteiger partial charge in [0, 0.05) is 37.5 Å². The van der Waals surface area contributed by atoms with E-state index in [0.29, 0.717) is 30.5 Å². The summed E-state index contributed by atoms with van der Waals surface area (Å²) in [7, 11) is 0. The summed E-state index contributed by atoms with van der Waals surface area (Å²) in [4.78, 5) is 28.6. The van der Waals surface area contributed by atoms with Crippen LogP contribution in [0.3, 0.4) is 0 Å². The largest absolute Gasteiger partial charge is 0.372 e. The van der Waals surface area contributed by atoms with Crippen LogP contribution in [0.4, 0.5) is 5.69 Å². The summed E-state index contributed by atoms with van der Waals surface area (Å²) in [5, 5.41) is 0. The van der Waals surface area contributed by atoms with E-state index in [2.05, 4.69) is 47.9 Å². The Bertz CT molecular complexity index is 1250. The number of fused-ring (bicyclic) bond motifs is 4. The van der Waals surface area contributed by atoms with Crippen LogP contribution < -0.4 is 4.90 Å². The van der Waals surface area contributed by atoms with Crippen molar-refractivity contribution in [1.29, 1.82) is 0 Å². The van der Waals surface area contributed by atoms with Crippen molar-refractivity contribution in [3.8, 4) is 11.8 Å². The minimum atomic E-state index is -0.540. The number of hydrogen-bond donors (Lipinski definition) is 0. The van der Waals surface area contributed by atoms with Gasteiger partial charge in [-0.25, -0.2) is 0 Å². The SMILES string of the molecule is CC#C[C@]1(C(=O)CC)CC[C@H]2[C@@H]3CCC4=CC(=O)CCC4=C3C(c3ccc(N4CCCCC4)cc3)C[C@@]21C. The van der Waals surface area contributed by atoms with Gasteiger partial charge in [0.1, 0.15) is 0 Å². The van der Waals surface area contributed by atoms with Crippen LogP contribution >= 0.6 is 0 Å². The molecule has 0 bridgehead atoms. The maximum Gasteiger partial charge on any atom is 0.156 e. The van der Waals surface area contributed by atoms with Gasteiger partial charge in [0.05, 0.1) is 5.41 Å². The molecule has 3 nitrogen and oxygen atoms in total. The van der Waals surface area contributed by atoms with Gasteiger partial charge in [-0.3, -0.25) is 9.59 Å². The summed E-state index contributed by atoms with van der Waals surface area (Å²) in [6.45, 7) is 8.64. The van der Waals surface area contributed by atoms with E-state index >= 15 is 0 Å². The van der Waals surface area contributed by atoms with E-state index in [9.17, 15) is 9.59 Å². The van der Waals surface area contributed by atoms with E-state index < -0.39 is 5.41 Å². The molecule has 1 aromatic carbocycles. The Labute approximate surface area is 229 Å². The van der Waals surface area contributed by atoms with Crippen LogP contribution in [0.25, 0.3) is 0 Å². The van der Waals surface area contributed by atoms with Crippen molar-refractivity contribution < 1.29 is 9.59 Å². The highest BCUT2D eigenvalue weighted by molar-refractivity contribution is 5.93. The first-order valence-electron chi connectivity index (χ1n) is 15.2. The molecule has 0 radical (unpaired) electrons. The molecule has 1 heterocycles. The fraction of sp³-hybridized carbons (Fsp3) is 0.600. The second kappa shape index (κ2) is 9.86.